The second-order valence-electron chi connectivity index (χ2n) is 7.48. The number of aryl methyl sites for hydroxylation is 1. The maximum Gasteiger partial charge on any atom is 0.163 e. The minimum Gasteiger partial charge on any atom is -0.487 e. The van der Waals surface area contributed by atoms with Crippen molar-refractivity contribution in [2.45, 2.75) is 13.0 Å². The smallest absolute Gasteiger partial charge is 0.163 e. The standard InChI is InChI=1S/C23H27ClN4O4/c1-15-9-16(3-4-19(15)24)28-23-18-10-21(31-8-7-29-2)22(11-20(18)26-14-27-23)32-13-17-12-25-5-6-30-17/h3-4,9-11,14,17,25H,5-8,12-13H2,1-2H3,(H,26,27,28). The van der Waals surface area contributed by atoms with Gasteiger partial charge in [-0.25, -0.2) is 9.97 Å². The zero-order valence-corrected chi connectivity index (χ0v) is 18.9. The van der Waals surface area contributed by atoms with Gasteiger partial charge in [0.05, 0.1) is 18.7 Å². The number of rotatable bonds is 9. The van der Waals surface area contributed by atoms with Gasteiger partial charge in [-0.2, -0.15) is 0 Å². The van der Waals surface area contributed by atoms with Crippen molar-refractivity contribution in [1.29, 1.82) is 0 Å². The molecule has 32 heavy (non-hydrogen) atoms. The molecule has 1 unspecified atom stereocenters. The van der Waals surface area contributed by atoms with E-state index in [0.29, 0.717) is 43.7 Å². The number of morpholine rings is 1. The number of hydrogen-bond donors (Lipinski definition) is 2. The summed E-state index contributed by atoms with van der Waals surface area (Å²) in [6.07, 6.45) is 1.51. The fourth-order valence-electron chi connectivity index (χ4n) is 3.39. The number of nitrogens with zero attached hydrogens (tertiary/aromatic N) is 2. The molecule has 0 saturated carbocycles. The average Bonchev–Trinajstić information content (AvgIpc) is 2.81. The molecule has 0 amide bonds. The second kappa shape index (κ2) is 10.8. The van der Waals surface area contributed by atoms with Gasteiger partial charge in [0, 0.05) is 42.4 Å². The fourth-order valence-corrected chi connectivity index (χ4v) is 3.51. The van der Waals surface area contributed by atoms with Crippen LogP contribution in [0, 0.1) is 6.92 Å². The lowest BCUT2D eigenvalue weighted by atomic mass is 10.2. The summed E-state index contributed by atoms with van der Waals surface area (Å²) in [6, 6.07) is 9.51. The summed E-state index contributed by atoms with van der Waals surface area (Å²) in [6.45, 7) is 5.53. The average molecular weight is 459 g/mol. The number of benzene rings is 2. The minimum atomic E-state index is -0.0120. The molecule has 4 rings (SSSR count). The summed E-state index contributed by atoms with van der Waals surface area (Å²) < 4.78 is 22.9. The number of aromatic nitrogens is 2. The molecule has 1 aliphatic heterocycles. The SMILES string of the molecule is COCCOc1cc2c(Nc3ccc(Cl)c(C)c3)ncnc2cc1OCC1CNCCO1. The molecular weight excluding hydrogens is 432 g/mol. The first-order valence-electron chi connectivity index (χ1n) is 10.5. The van der Waals surface area contributed by atoms with Crippen LogP contribution in [0.4, 0.5) is 11.5 Å². The Balaban J connectivity index is 1.62. The molecule has 1 fully saturated rings. The van der Waals surface area contributed by atoms with E-state index in [1.807, 2.05) is 37.3 Å². The van der Waals surface area contributed by atoms with Crippen LogP contribution in [0.5, 0.6) is 11.5 Å². The monoisotopic (exact) mass is 458 g/mol. The van der Waals surface area contributed by atoms with E-state index in [2.05, 4.69) is 20.6 Å². The fraction of sp³-hybridized carbons (Fsp3) is 0.391. The Kier molecular flexibility index (Phi) is 7.59. The largest absolute Gasteiger partial charge is 0.487 e. The van der Waals surface area contributed by atoms with Crippen molar-refractivity contribution in [1.82, 2.24) is 15.3 Å². The number of ether oxygens (including phenoxy) is 4. The van der Waals surface area contributed by atoms with Crippen LogP contribution in [-0.2, 0) is 9.47 Å². The Morgan fingerprint density at radius 2 is 2.03 bits per heavy atom. The van der Waals surface area contributed by atoms with E-state index in [4.69, 9.17) is 30.5 Å². The third-order valence-corrected chi connectivity index (χ3v) is 5.52. The first-order chi connectivity index (χ1) is 15.6. The van der Waals surface area contributed by atoms with E-state index < -0.39 is 0 Å². The van der Waals surface area contributed by atoms with Crippen molar-refractivity contribution in [2.24, 2.45) is 0 Å². The van der Waals surface area contributed by atoms with Crippen molar-refractivity contribution < 1.29 is 18.9 Å². The maximum atomic E-state index is 6.16. The Morgan fingerprint density at radius 3 is 2.81 bits per heavy atom. The Bertz CT molecular complexity index is 1060. The van der Waals surface area contributed by atoms with E-state index >= 15 is 0 Å². The lowest BCUT2D eigenvalue weighted by Crippen LogP contribution is -2.41. The van der Waals surface area contributed by atoms with Crippen LogP contribution < -0.4 is 20.1 Å². The summed E-state index contributed by atoms with van der Waals surface area (Å²) in [7, 11) is 1.64. The second-order valence-corrected chi connectivity index (χ2v) is 7.88. The van der Waals surface area contributed by atoms with E-state index in [1.54, 1.807) is 7.11 Å². The topological polar surface area (TPSA) is 86.8 Å². The minimum absolute atomic E-state index is 0.0120. The lowest BCUT2D eigenvalue weighted by molar-refractivity contribution is -0.000456. The molecule has 1 aromatic heterocycles. The molecule has 3 aromatic rings. The van der Waals surface area contributed by atoms with E-state index in [9.17, 15) is 0 Å². The molecule has 0 spiro atoms. The summed E-state index contributed by atoms with van der Waals surface area (Å²) >= 11 is 6.16. The summed E-state index contributed by atoms with van der Waals surface area (Å²) in [5.41, 5.74) is 2.61. The van der Waals surface area contributed by atoms with Crippen molar-refractivity contribution in [2.75, 3.05) is 51.9 Å². The normalized spacial score (nSPS) is 16.2. The third-order valence-electron chi connectivity index (χ3n) is 5.10. The summed E-state index contributed by atoms with van der Waals surface area (Å²) in [5.74, 6) is 1.87. The third kappa shape index (κ3) is 5.58. The summed E-state index contributed by atoms with van der Waals surface area (Å²) in [5, 5.41) is 8.19. The zero-order valence-electron chi connectivity index (χ0n) is 18.2. The molecule has 2 N–H and O–H groups in total. The highest BCUT2D eigenvalue weighted by Crippen LogP contribution is 2.35. The first-order valence-corrected chi connectivity index (χ1v) is 10.9. The number of nitrogens with one attached hydrogen (secondary N) is 2. The van der Waals surface area contributed by atoms with Gasteiger partial charge in [-0.3, -0.25) is 0 Å². The molecule has 2 aromatic carbocycles. The predicted octanol–water partition coefficient (Wildman–Crippen LogP) is 3.73. The highest BCUT2D eigenvalue weighted by Gasteiger charge is 2.17. The van der Waals surface area contributed by atoms with Gasteiger partial charge in [-0.05, 0) is 36.8 Å². The maximum absolute atomic E-state index is 6.16. The molecule has 0 aliphatic carbocycles. The number of hydrogen-bond acceptors (Lipinski definition) is 8. The van der Waals surface area contributed by atoms with Crippen LogP contribution in [0.1, 0.15) is 5.56 Å². The van der Waals surface area contributed by atoms with Crippen LogP contribution in [0.15, 0.2) is 36.7 Å². The lowest BCUT2D eigenvalue weighted by Gasteiger charge is -2.24. The number of halogens is 1. The number of methoxy groups -OCH3 is 1. The van der Waals surface area contributed by atoms with Crippen LogP contribution in [-0.4, -0.2) is 62.7 Å². The molecule has 0 radical (unpaired) electrons. The molecule has 1 atom stereocenters. The molecule has 0 bridgehead atoms. The predicted molar refractivity (Wildman–Crippen MR) is 124 cm³/mol. The van der Waals surface area contributed by atoms with Gasteiger partial charge < -0.3 is 29.6 Å². The first kappa shape index (κ1) is 22.5. The van der Waals surface area contributed by atoms with E-state index in [1.165, 1.54) is 6.33 Å². The Hall–Kier alpha value is -2.65. The van der Waals surface area contributed by atoms with Crippen LogP contribution in [0.2, 0.25) is 5.02 Å². The molecule has 170 valence electrons. The van der Waals surface area contributed by atoms with Crippen LogP contribution in [0.25, 0.3) is 10.9 Å². The van der Waals surface area contributed by atoms with Gasteiger partial charge in [0.25, 0.3) is 0 Å². The molecule has 9 heteroatoms. The van der Waals surface area contributed by atoms with Crippen molar-refractivity contribution in [3.8, 4) is 11.5 Å². The van der Waals surface area contributed by atoms with Crippen molar-refractivity contribution >= 4 is 34.0 Å². The highest BCUT2D eigenvalue weighted by atomic mass is 35.5. The molecular formula is C23H27ClN4O4. The van der Waals surface area contributed by atoms with Crippen molar-refractivity contribution in [3.05, 3.63) is 47.2 Å². The van der Waals surface area contributed by atoms with Gasteiger partial charge in [0.15, 0.2) is 11.5 Å². The molecule has 1 saturated heterocycles. The number of fused-ring (bicyclic) bond motifs is 1. The number of anilines is 2. The van der Waals surface area contributed by atoms with E-state index in [0.717, 1.165) is 40.3 Å². The van der Waals surface area contributed by atoms with Crippen LogP contribution >= 0.6 is 11.6 Å². The van der Waals surface area contributed by atoms with Gasteiger partial charge >= 0.3 is 0 Å². The Morgan fingerprint density at radius 1 is 1.16 bits per heavy atom. The van der Waals surface area contributed by atoms with Gasteiger partial charge in [0.2, 0.25) is 0 Å². The molecule has 2 heterocycles. The Labute approximate surface area is 192 Å². The highest BCUT2D eigenvalue weighted by molar-refractivity contribution is 6.31. The van der Waals surface area contributed by atoms with Crippen molar-refractivity contribution in [3.63, 3.8) is 0 Å². The van der Waals surface area contributed by atoms with Gasteiger partial charge in [0.1, 0.15) is 31.5 Å². The van der Waals surface area contributed by atoms with Gasteiger partial charge in [-0.15, -0.1) is 0 Å². The van der Waals surface area contributed by atoms with Crippen LogP contribution in [0.3, 0.4) is 0 Å². The quantitative estimate of drug-likeness (QED) is 0.469. The van der Waals surface area contributed by atoms with E-state index in [-0.39, 0.29) is 6.10 Å². The van der Waals surface area contributed by atoms with Gasteiger partial charge in [-0.1, -0.05) is 11.6 Å². The zero-order chi connectivity index (χ0) is 22.3. The summed E-state index contributed by atoms with van der Waals surface area (Å²) in [4.78, 5) is 8.87. The molecule has 1 aliphatic rings. The molecule has 8 nitrogen and oxygen atoms in total.